The van der Waals surface area contributed by atoms with E-state index in [4.69, 9.17) is 9.31 Å². The molecular formula is C32H35BO2. The Morgan fingerprint density at radius 1 is 0.857 bits per heavy atom. The van der Waals surface area contributed by atoms with Crippen LogP contribution in [0.15, 0.2) is 115 Å². The minimum Gasteiger partial charge on any atom is -0.399 e. The molecule has 0 atom stereocenters. The van der Waals surface area contributed by atoms with E-state index in [0.717, 1.165) is 35.0 Å². The Labute approximate surface area is 211 Å². The van der Waals surface area contributed by atoms with Crippen LogP contribution in [-0.2, 0) is 9.31 Å². The molecule has 35 heavy (non-hydrogen) atoms. The second-order valence-electron chi connectivity index (χ2n) is 10.0. The minimum absolute atomic E-state index is 0.371. The molecule has 2 nitrogen and oxygen atoms in total. The molecule has 0 radical (unpaired) electrons. The minimum atomic E-state index is -0.387. The average Bonchev–Trinajstić information content (AvgIpc) is 3.09. The summed E-state index contributed by atoms with van der Waals surface area (Å²) in [6, 6.07) is 19.1. The molecule has 0 aromatic heterocycles. The van der Waals surface area contributed by atoms with Gasteiger partial charge in [0.15, 0.2) is 0 Å². The van der Waals surface area contributed by atoms with Gasteiger partial charge in [-0.15, -0.1) is 0 Å². The van der Waals surface area contributed by atoms with Crippen LogP contribution in [0.5, 0.6) is 0 Å². The molecule has 0 saturated carbocycles. The molecular weight excluding hydrogens is 427 g/mol. The Balaban J connectivity index is 1.87. The summed E-state index contributed by atoms with van der Waals surface area (Å²) >= 11 is 0. The summed E-state index contributed by atoms with van der Waals surface area (Å²) in [7, 11) is -0.387. The predicted molar refractivity (Wildman–Crippen MR) is 150 cm³/mol. The van der Waals surface area contributed by atoms with Gasteiger partial charge in [0.1, 0.15) is 0 Å². The second-order valence-corrected chi connectivity index (χ2v) is 10.0. The summed E-state index contributed by atoms with van der Waals surface area (Å²) < 4.78 is 12.6. The molecule has 0 unspecified atom stereocenters. The number of hydrogen-bond donors (Lipinski definition) is 0. The fourth-order valence-electron chi connectivity index (χ4n) is 4.48. The number of rotatable bonds is 7. The van der Waals surface area contributed by atoms with Gasteiger partial charge >= 0.3 is 7.12 Å². The normalized spacial score (nSPS) is 19.7. The van der Waals surface area contributed by atoms with Crippen LogP contribution in [-0.4, -0.2) is 18.3 Å². The molecule has 0 amide bonds. The van der Waals surface area contributed by atoms with Crippen molar-refractivity contribution in [1.29, 1.82) is 0 Å². The number of benzene rings is 2. The van der Waals surface area contributed by atoms with Gasteiger partial charge in [-0.1, -0.05) is 104 Å². The zero-order chi connectivity index (χ0) is 25.1. The zero-order valence-electron chi connectivity index (χ0n) is 21.4. The third-order valence-corrected chi connectivity index (χ3v) is 7.13. The highest BCUT2D eigenvalue weighted by Crippen LogP contribution is 2.40. The summed E-state index contributed by atoms with van der Waals surface area (Å²) in [5.74, 6) is 0. The molecule has 0 spiro atoms. The first kappa shape index (κ1) is 25.0. The van der Waals surface area contributed by atoms with Crippen molar-refractivity contribution in [2.75, 3.05) is 0 Å². The van der Waals surface area contributed by atoms with Gasteiger partial charge in [0, 0.05) is 0 Å². The summed E-state index contributed by atoms with van der Waals surface area (Å²) in [6.45, 7) is 16.4. The van der Waals surface area contributed by atoms with Crippen molar-refractivity contribution in [3.8, 4) is 0 Å². The van der Waals surface area contributed by atoms with E-state index in [2.05, 4.69) is 114 Å². The van der Waals surface area contributed by atoms with Gasteiger partial charge in [0.25, 0.3) is 0 Å². The Hall–Kier alpha value is -3.14. The standard InChI is InChI=1S/C32H35BO2/c1-7-15-24(8-2)29(30(25-16-11-9-12-17-25)26-18-13-10-14-19-26)27-20-22-28(23-21-27)33-34-31(3,4)32(5,6)35-33/h7-9,11-13,15-23H,1-2,10,14H2,3-6H3/b24-15+,30-29+. The lowest BCUT2D eigenvalue weighted by Gasteiger charge is -2.32. The first-order valence-corrected chi connectivity index (χ1v) is 12.4. The van der Waals surface area contributed by atoms with Gasteiger partial charge in [0.05, 0.1) is 11.2 Å². The Bertz CT molecular complexity index is 1190. The first-order valence-electron chi connectivity index (χ1n) is 12.4. The van der Waals surface area contributed by atoms with Crippen LogP contribution < -0.4 is 5.46 Å². The Kier molecular flexibility index (Phi) is 7.30. The van der Waals surface area contributed by atoms with E-state index in [0.29, 0.717) is 0 Å². The van der Waals surface area contributed by atoms with E-state index in [1.807, 2.05) is 18.2 Å². The molecule has 2 aromatic rings. The SMILES string of the molecule is C=C/C=C(C=C)/C(=C(\C1=CCCC=C1)c1ccccc1)c1ccc(B2OC(C)(C)C(C)(C)O2)cc1. The Morgan fingerprint density at radius 2 is 1.51 bits per heavy atom. The molecule has 1 fully saturated rings. The van der Waals surface area contributed by atoms with E-state index in [-0.39, 0.29) is 18.3 Å². The molecule has 1 aliphatic heterocycles. The fourth-order valence-corrected chi connectivity index (χ4v) is 4.48. The van der Waals surface area contributed by atoms with E-state index >= 15 is 0 Å². The zero-order valence-corrected chi connectivity index (χ0v) is 21.4. The van der Waals surface area contributed by atoms with E-state index < -0.39 is 0 Å². The third-order valence-electron chi connectivity index (χ3n) is 7.13. The maximum absolute atomic E-state index is 6.28. The van der Waals surface area contributed by atoms with Crippen LogP contribution in [0.3, 0.4) is 0 Å². The topological polar surface area (TPSA) is 18.5 Å². The van der Waals surface area contributed by atoms with Crippen LogP contribution >= 0.6 is 0 Å². The highest BCUT2D eigenvalue weighted by atomic mass is 16.7. The molecule has 1 saturated heterocycles. The van der Waals surface area contributed by atoms with Crippen molar-refractivity contribution in [1.82, 2.24) is 0 Å². The van der Waals surface area contributed by atoms with E-state index in [1.165, 1.54) is 16.7 Å². The molecule has 2 aliphatic rings. The monoisotopic (exact) mass is 462 g/mol. The molecule has 3 heteroatoms. The molecule has 1 aliphatic carbocycles. The van der Waals surface area contributed by atoms with Gasteiger partial charge in [-0.25, -0.2) is 0 Å². The van der Waals surface area contributed by atoms with Crippen molar-refractivity contribution in [2.24, 2.45) is 0 Å². The van der Waals surface area contributed by atoms with Gasteiger partial charge in [0.2, 0.25) is 0 Å². The van der Waals surface area contributed by atoms with Gasteiger partial charge in [-0.3, -0.25) is 0 Å². The average molecular weight is 462 g/mol. The van der Waals surface area contributed by atoms with Gasteiger partial charge < -0.3 is 9.31 Å². The predicted octanol–water partition coefficient (Wildman–Crippen LogP) is 7.47. The van der Waals surface area contributed by atoms with Crippen molar-refractivity contribution >= 4 is 23.7 Å². The van der Waals surface area contributed by atoms with Crippen molar-refractivity contribution in [3.05, 3.63) is 126 Å². The van der Waals surface area contributed by atoms with E-state index in [1.54, 1.807) is 0 Å². The van der Waals surface area contributed by atoms with Gasteiger partial charge in [-0.2, -0.15) is 0 Å². The highest BCUT2D eigenvalue weighted by Gasteiger charge is 2.51. The maximum atomic E-state index is 6.28. The summed E-state index contributed by atoms with van der Waals surface area (Å²) in [5.41, 5.74) is 7.13. The molecule has 2 aromatic carbocycles. The van der Waals surface area contributed by atoms with Crippen LogP contribution in [0.1, 0.15) is 51.7 Å². The van der Waals surface area contributed by atoms with Crippen LogP contribution in [0, 0.1) is 0 Å². The van der Waals surface area contributed by atoms with Crippen LogP contribution in [0.4, 0.5) is 0 Å². The molecule has 0 bridgehead atoms. The highest BCUT2D eigenvalue weighted by molar-refractivity contribution is 6.62. The molecule has 4 rings (SSSR count). The number of hydrogen-bond acceptors (Lipinski definition) is 2. The second kappa shape index (κ2) is 10.2. The van der Waals surface area contributed by atoms with Crippen molar-refractivity contribution in [2.45, 2.75) is 51.7 Å². The van der Waals surface area contributed by atoms with Crippen LogP contribution in [0.2, 0.25) is 0 Å². The summed E-state index contributed by atoms with van der Waals surface area (Å²) in [6.07, 6.45) is 14.7. The smallest absolute Gasteiger partial charge is 0.399 e. The largest absolute Gasteiger partial charge is 0.494 e. The molecule has 0 N–H and O–H groups in total. The fraction of sp³-hybridized carbons (Fsp3) is 0.250. The van der Waals surface area contributed by atoms with Gasteiger partial charge in [-0.05, 0) is 79.4 Å². The maximum Gasteiger partial charge on any atom is 0.494 e. The lowest BCUT2D eigenvalue weighted by atomic mass is 9.77. The lowest BCUT2D eigenvalue weighted by Crippen LogP contribution is -2.41. The quantitative estimate of drug-likeness (QED) is 0.241. The summed E-state index contributed by atoms with van der Waals surface area (Å²) in [4.78, 5) is 0. The number of allylic oxidation sites excluding steroid dienone is 10. The molecule has 1 heterocycles. The first-order chi connectivity index (χ1) is 16.8. The van der Waals surface area contributed by atoms with E-state index in [9.17, 15) is 0 Å². The lowest BCUT2D eigenvalue weighted by molar-refractivity contribution is 0.00578. The van der Waals surface area contributed by atoms with Crippen molar-refractivity contribution in [3.63, 3.8) is 0 Å². The van der Waals surface area contributed by atoms with Crippen LogP contribution in [0.25, 0.3) is 11.1 Å². The molecule has 178 valence electrons. The van der Waals surface area contributed by atoms with Crippen molar-refractivity contribution < 1.29 is 9.31 Å². The summed E-state index contributed by atoms with van der Waals surface area (Å²) in [5, 5.41) is 0. The Morgan fingerprint density at radius 3 is 2.06 bits per heavy atom. The third kappa shape index (κ3) is 5.12.